The van der Waals surface area contributed by atoms with Crippen molar-refractivity contribution in [3.63, 3.8) is 0 Å². The number of ether oxygens (including phenoxy) is 13. The molecule has 0 radical (unpaired) electrons. The number of aliphatic hydroxyl groups is 5. The van der Waals surface area contributed by atoms with Crippen molar-refractivity contribution in [3.05, 3.63) is 47.5 Å². The molecule has 0 spiro atoms. The zero-order valence-corrected chi connectivity index (χ0v) is 45.7. The number of methoxy groups -OCH3 is 4. The number of carbonyl (C=O) groups is 1. The van der Waals surface area contributed by atoms with Gasteiger partial charge in [0.15, 0.2) is 25.2 Å². The third kappa shape index (κ3) is 10.3. The quantitative estimate of drug-likeness (QED) is 0.120. The van der Waals surface area contributed by atoms with E-state index in [1.807, 2.05) is 33.8 Å². The first kappa shape index (κ1) is 57.4. The molecule has 26 atom stereocenters. The number of aliphatic hydroxyl groups excluding tert-OH is 3. The minimum Gasteiger partial charge on any atom is -0.458 e. The van der Waals surface area contributed by atoms with E-state index < -0.39 is 150 Å². The van der Waals surface area contributed by atoms with Crippen molar-refractivity contribution >= 4 is 5.97 Å². The monoisotopic (exact) mass is 1060 g/mol. The lowest BCUT2D eigenvalue weighted by molar-refractivity contribution is -0.355. The van der Waals surface area contributed by atoms with Gasteiger partial charge in [0.1, 0.15) is 53.9 Å². The highest BCUT2D eigenvalue weighted by atomic mass is 16.8. The number of hydrogen-bond donors (Lipinski definition) is 5. The average Bonchev–Trinajstić information content (AvgIpc) is 3.87. The first-order valence-electron chi connectivity index (χ1n) is 27.4. The fraction of sp³-hybridized carbons (Fsp3) is 0.839. The smallest absolute Gasteiger partial charge is 0.338 e. The maximum absolute atomic E-state index is 13.7. The lowest BCUT2D eigenvalue weighted by atomic mass is 9.42. The van der Waals surface area contributed by atoms with Crippen LogP contribution in [-0.2, 0) is 61.6 Å². The van der Waals surface area contributed by atoms with E-state index in [0.717, 1.165) is 5.57 Å². The first-order valence-corrected chi connectivity index (χ1v) is 27.4. The van der Waals surface area contributed by atoms with Crippen LogP contribution in [0.1, 0.15) is 123 Å². The molecule has 424 valence electrons. The molecule has 1 aromatic carbocycles. The molecule has 4 aliphatic heterocycles. The highest BCUT2D eigenvalue weighted by molar-refractivity contribution is 5.89. The van der Waals surface area contributed by atoms with Crippen LogP contribution in [0.5, 0.6) is 0 Å². The van der Waals surface area contributed by atoms with Crippen molar-refractivity contribution in [2.75, 3.05) is 28.4 Å². The predicted molar refractivity (Wildman–Crippen MR) is 267 cm³/mol. The van der Waals surface area contributed by atoms with Crippen molar-refractivity contribution < 1.29 is 91.9 Å². The Kier molecular flexibility index (Phi) is 17.4. The van der Waals surface area contributed by atoms with Gasteiger partial charge in [0.25, 0.3) is 0 Å². The number of carbonyl (C=O) groups excluding carboxylic acids is 1. The normalized spacial score (nSPS) is 49.4. The Labute approximate surface area is 442 Å². The molecule has 0 unspecified atom stereocenters. The van der Waals surface area contributed by atoms with Crippen molar-refractivity contribution in [1.82, 2.24) is 0 Å². The second-order valence-electron chi connectivity index (χ2n) is 23.4. The van der Waals surface area contributed by atoms with Crippen LogP contribution in [0.3, 0.4) is 0 Å². The molecule has 0 amide bonds. The molecule has 9 rings (SSSR count). The highest BCUT2D eigenvalue weighted by Crippen LogP contribution is 2.70. The van der Waals surface area contributed by atoms with E-state index in [-0.39, 0.29) is 25.0 Å². The van der Waals surface area contributed by atoms with Crippen LogP contribution in [0, 0.1) is 22.7 Å². The van der Waals surface area contributed by atoms with Gasteiger partial charge in [-0.25, -0.2) is 4.79 Å². The number of hydrogen-bond acceptors (Lipinski definition) is 19. The van der Waals surface area contributed by atoms with Gasteiger partial charge >= 0.3 is 5.97 Å². The van der Waals surface area contributed by atoms with Gasteiger partial charge in [0, 0.05) is 59.0 Å². The van der Waals surface area contributed by atoms with E-state index in [1.54, 1.807) is 59.4 Å². The van der Waals surface area contributed by atoms with Crippen molar-refractivity contribution in [3.8, 4) is 0 Å². The van der Waals surface area contributed by atoms with Crippen molar-refractivity contribution in [1.29, 1.82) is 0 Å². The summed E-state index contributed by atoms with van der Waals surface area (Å²) in [7, 11) is 6.28. The minimum atomic E-state index is -1.62. The van der Waals surface area contributed by atoms with E-state index >= 15 is 0 Å². The standard InChI is InChI=1S/C56H86O19/c1-28(57)36-19-22-56(62)54(36,7)41(72-51(60)33-15-13-12-14-16-33)27-40-53(6)20-18-35(23-34(53)17-21-55(40,56)61)71-42-24-37(63-8)47(30(3)67-42)73-43-25-38(64-9)48(31(4)68-43)74-44-26-39(65-10)49(32(5)69-44)75-52-46(59)50(66-11)45(58)29(2)70-52/h12-17,28-32,35-50,52,57-59,61-62H,18-27H2,1-11H3/t28-,29-,30-,31-,32-,35+,36+,37-,38-,39-,40-,41-,42+,43+,44+,45+,46-,47-,48-,49-,50-,52+,53+,54+,55+,56-/m1/s1. The molecule has 1 aromatic rings. The van der Waals surface area contributed by atoms with Crippen LogP contribution in [0.25, 0.3) is 0 Å². The second-order valence-corrected chi connectivity index (χ2v) is 23.4. The molecule has 19 heteroatoms. The van der Waals surface area contributed by atoms with E-state index in [2.05, 4.69) is 13.0 Å². The summed E-state index contributed by atoms with van der Waals surface area (Å²) in [5, 5.41) is 58.5. The van der Waals surface area contributed by atoms with E-state index in [0.29, 0.717) is 56.9 Å². The van der Waals surface area contributed by atoms with Gasteiger partial charge in [-0.3, -0.25) is 0 Å². The molecule has 5 N–H and O–H groups in total. The van der Waals surface area contributed by atoms with Crippen LogP contribution in [0.15, 0.2) is 42.0 Å². The largest absolute Gasteiger partial charge is 0.458 e. The number of benzene rings is 1. The van der Waals surface area contributed by atoms with Crippen LogP contribution in [0.4, 0.5) is 0 Å². The molecule has 4 aliphatic carbocycles. The molecule has 8 aliphatic rings. The summed E-state index contributed by atoms with van der Waals surface area (Å²) in [6, 6.07) is 8.84. The maximum atomic E-state index is 13.7. The first-order chi connectivity index (χ1) is 35.6. The van der Waals surface area contributed by atoms with Crippen LogP contribution in [0.2, 0.25) is 0 Å². The third-order valence-corrected chi connectivity index (χ3v) is 19.4. The summed E-state index contributed by atoms with van der Waals surface area (Å²) in [5.74, 6) is -1.31. The molecular weight excluding hydrogens is 977 g/mol. The molecule has 0 bridgehead atoms. The van der Waals surface area contributed by atoms with Gasteiger partial charge < -0.3 is 87.1 Å². The number of fused-ring (bicyclic) bond motifs is 5. The SMILES string of the molecule is CO[C@@H]1[C@@H](O)[C@@H](C)O[C@@H](O[C@@H]2[C@@H](C)O[C@@H](O[C@@H]3[C@@H](C)O[C@@H](O[C@@H]4[C@@H](C)O[C@@H](O[C@H]5CC[C@@]6(C)C(=CC[C@]7(O)[C@@H]6C[C@@H](OC(=O)c6ccccc6)[C@]6(C)[C@H]([C@@H](C)O)CC[C@@]67O)C5)C[C@H]4OC)C[C@H]3OC)C[C@H]2OC)[C@@H]1O. The summed E-state index contributed by atoms with van der Waals surface area (Å²) >= 11 is 0. The van der Waals surface area contributed by atoms with Crippen LogP contribution < -0.4 is 0 Å². The Morgan fingerprint density at radius 2 is 1.21 bits per heavy atom. The third-order valence-electron chi connectivity index (χ3n) is 19.4. The molecule has 3 saturated carbocycles. The van der Waals surface area contributed by atoms with E-state index in [1.165, 1.54) is 7.11 Å². The maximum Gasteiger partial charge on any atom is 0.338 e. The number of esters is 1. The van der Waals surface area contributed by atoms with Gasteiger partial charge in [-0.15, -0.1) is 0 Å². The number of rotatable bonds is 15. The molecule has 75 heavy (non-hydrogen) atoms. The lowest BCUT2D eigenvalue weighted by Gasteiger charge is -2.66. The Morgan fingerprint density at radius 3 is 1.75 bits per heavy atom. The van der Waals surface area contributed by atoms with Gasteiger partial charge in [-0.2, -0.15) is 0 Å². The van der Waals surface area contributed by atoms with E-state index in [4.69, 9.17) is 61.6 Å². The van der Waals surface area contributed by atoms with Gasteiger partial charge in [-0.05, 0) is 103 Å². The average molecular weight is 1060 g/mol. The molecule has 7 fully saturated rings. The van der Waals surface area contributed by atoms with Gasteiger partial charge in [0.2, 0.25) is 0 Å². The second kappa shape index (κ2) is 22.7. The Hall–Kier alpha value is -2.25. The fourth-order valence-electron chi connectivity index (χ4n) is 15.1. The Balaban J connectivity index is 0.803. The summed E-state index contributed by atoms with van der Waals surface area (Å²) in [6.07, 6.45) is -6.44. The Morgan fingerprint density at radius 1 is 0.667 bits per heavy atom. The zero-order chi connectivity index (χ0) is 53.9. The van der Waals surface area contributed by atoms with Crippen molar-refractivity contribution in [2.45, 2.75) is 247 Å². The summed E-state index contributed by atoms with van der Waals surface area (Å²) in [4.78, 5) is 13.7. The van der Waals surface area contributed by atoms with Crippen LogP contribution >= 0.6 is 0 Å². The molecule has 0 aromatic heterocycles. The molecule has 19 nitrogen and oxygen atoms in total. The fourth-order valence-corrected chi connectivity index (χ4v) is 15.1. The minimum absolute atomic E-state index is 0.186. The Bertz CT molecular complexity index is 2120. The topological polar surface area (TPSA) is 238 Å². The molecule has 4 saturated heterocycles. The summed E-state index contributed by atoms with van der Waals surface area (Å²) < 4.78 is 81.3. The lowest BCUT2D eigenvalue weighted by Crippen LogP contribution is -2.75. The van der Waals surface area contributed by atoms with E-state index in [9.17, 15) is 30.3 Å². The molecular formula is C56H86O19. The van der Waals surface area contributed by atoms with Gasteiger partial charge in [0.05, 0.1) is 60.5 Å². The van der Waals surface area contributed by atoms with Gasteiger partial charge in [-0.1, -0.05) is 43.7 Å². The molecule has 4 heterocycles. The predicted octanol–water partition coefficient (Wildman–Crippen LogP) is 4.48. The van der Waals surface area contributed by atoms with Crippen molar-refractivity contribution in [2.24, 2.45) is 22.7 Å². The zero-order valence-electron chi connectivity index (χ0n) is 45.7. The highest BCUT2D eigenvalue weighted by Gasteiger charge is 2.77. The van der Waals surface area contributed by atoms with Crippen LogP contribution in [-0.4, -0.2) is 194 Å². The summed E-state index contributed by atoms with van der Waals surface area (Å²) in [5.41, 5.74) is -3.20. The summed E-state index contributed by atoms with van der Waals surface area (Å²) in [6.45, 7) is 13.2.